The van der Waals surface area contributed by atoms with E-state index in [1.807, 2.05) is 26.8 Å². The molecule has 3 N–H and O–H groups in total. The molecule has 26 heavy (non-hydrogen) atoms. The van der Waals surface area contributed by atoms with Crippen LogP contribution >= 0.6 is 0 Å². The number of hydrogen-bond donors (Lipinski definition) is 3. The van der Waals surface area contributed by atoms with E-state index in [2.05, 4.69) is 15.7 Å². The maximum atomic E-state index is 12.5. The molecule has 0 aliphatic rings. The summed E-state index contributed by atoms with van der Waals surface area (Å²) in [4.78, 5) is 35.6. The van der Waals surface area contributed by atoms with Crippen molar-refractivity contribution in [3.05, 3.63) is 47.7 Å². The summed E-state index contributed by atoms with van der Waals surface area (Å²) in [5.41, 5.74) is 1.43. The summed E-state index contributed by atoms with van der Waals surface area (Å²) in [5, 5.41) is 18.1. The first-order valence-corrected chi connectivity index (χ1v) is 8.20. The predicted molar refractivity (Wildman–Crippen MR) is 95.8 cm³/mol. The first kappa shape index (κ1) is 19.2. The zero-order valence-corrected chi connectivity index (χ0v) is 14.9. The highest BCUT2D eigenvalue weighted by atomic mass is 16.4. The summed E-state index contributed by atoms with van der Waals surface area (Å²) >= 11 is 0. The Morgan fingerprint density at radius 1 is 1.23 bits per heavy atom. The SMILES string of the molecule is Cc1cccc(C(=O)NC(C(=O)Nc2ccn(CC(=O)O)n2)C(C)C)c1. The zero-order valence-electron chi connectivity index (χ0n) is 14.9. The van der Waals surface area contributed by atoms with Gasteiger partial charge in [0, 0.05) is 17.8 Å². The molecule has 0 spiro atoms. The molecule has 1 unspecified atom stereocenters. The lowest BCUT2D eigenvalue weighted by Crippen LogP contribution is -2.47. The maximum Gasteiger partial charge on any atom is 0.325 e. The second kappa shape index (κ2) is 8.28. The van der Waals surface area contributed by atoms with Gasteiger partial charge < -0.3 is 15.7 Å². The van der Waals surface area contributed by atoms with E-state index in [4.69, 9.17) is 5.11 Å². The number of nitrogens with zero attached hydrogens (tertiary/aromatic N) is 2. The van der Waals surface area contributed by atoms with Gasteiger partial charge in [0.1, 0.15) is 12.6 Å². The Bertz CT molecular complexity index is 813. The zero-order chi connectivity index (χ0) is 19.3. The molecule has 0 saturated heterocycles. The van der Waals surface area contributed by atoms with E-state index in [9.17, 15) is 14.4 Å². The third-order valence-electron chi connectivity index (χ3n) is 3.71. The third-order valence-corrected chi connectivity index (χ3v) is 3.71. The van der Waals surface area contributed by atoms with E-state index in [-0.39, 0.29) is 24.2 Å². The topological polar surface area (TPSA) is 113 Å². The molecule has 8 heteroatoms. The van der Waals surface area contributed by atoms with Crippen LogP contribution in [0.1, 0.15) is 29.8 Å². The molecular weight excluding hydrogens is 336 g/mol. The monoisotopic (exact) mass is 358 g/mol. The Morgan fingerprint density at radius 3 is 2.58 bits per heavy atom. The Labute approximate surface area is 151 Å². The van der Waals surface area contributed by atoms with Gasteiger partial charge in [-0.15, -0.1) is 0 Å². The van der Waals surface area contributed by atoms with Crippen LogP contribution in [0.25, 0.3) is 0 Å². The standard InChI is InChI=1S/C18H22N4O4/c1-11(2)16(20-17(25)13-6-4-5-12(3)9-13)18(26)19-14-7-8-22(21-14)10-15(23)24/h4-9,11,16H,10H2,1-3H3,(H,20,25)(H,23,24)(H,19,21,26). The lowest BCUT2D eigenvalue weighted by atomic mass is 10.0. The molecule has 0 fully saturated rings. The van der Waals surface area contributed by atoms with Crippen LogP contribution in [0, 0.1) is 12.8 Å². The first-order valence-electron chi connectivity index (χ1n) is 8.20. The summed E-state index contributed by atoms with van der Waals surface area (Å²) in [6.07, 6.45) is 1.46. The van der Waals surface area contributed by atoms with Crippen LogP contribution in [0.2, 0.25) is 0 Å². The van der Waals surface area contributed by atoms with Crippen LogP contribution in [0.15, 0.2) is 36.5 Å². The average molecular weight is 358 g/mol. The molecule has 1 aromatic heterocycles. The van der Waals surface area contributed by atoms with Crippen LogP contribution in [0.3, 0.4) is 0 Å². The second-order valence-corrected chi connectivity index (χ2v) is 6.35. The van der Waals surface area contributed by atoms with Crippen LogP contribution in [-0.2, 0) is 16.1 Å². The molecule has 0 bridgehead atoms. The van der Waals surface area contributed by atoms with Gasteiger partial charge in [-0.25, -0.2) is 0 Å². The molecule has 0 aliphatic heterocycles. The summed E-state index contributed by atoms with van der Waals surface area (Å²) in [5.74, 6) is -1.70. The fraction of sp³-hybridized carbons (Fsp3) is 0.333. The van der Waals surface area contributed by atoms with Crippen molar-refractivity contribution < 1.29 is 19.5 Å². The number of carboxylic acid groups (broad SMARTS) is 1. The summed E-state index contributed by atoms with van der Waals surface area (Å²) in [7, 11) is 0. The molecule has 1 heterocycles. The van der Waals surface area contributed by atoms with E-state index >= 15 is 0 Å². The second-order valence-electron chi connectivity index (χ2n) is 6.35. The molecule has 8 nitrogen and oxygen atoms in total. The average Bonchev–Trinajstić information content (AvgIpc) is 2.97. The molecule has 1 atom stereocenters. The number of nitrogens with one attached hydrogen (secondary N) is 2. The molecule has 0 aliphatic carbocycles. The number of carboxylic acids is 1. The highest BCUT2D eigenvalue weighted by Crippen LogP contribution is 2.10. The van der Waals surface area contributed by atoms with E-state index in [0.717, 1.165) is 5.56 Å². The number of hydrogen-bond acceptors (Lipinski definition) is 4. The number of carbonyl (C=O) groups excluding carboxylic acids is 2. The highest BCUT2D eigenvalue weighted by molar-refractivity contribution is 6.01. The van der Waals surface area contributed by atoms with Crippen molar-refractivity contribution in [2.24, 2.45) is 5.92 Å². The highest BCUT2D eigenvalue weighted by Gasteiger charge is 2.25. The number of aryl methyl sites for hydroxylation is 1. The molecule has 2 aromatic rings. The lowest BCUT2D eigenvalue weighted by Gasteiger charge is -2.21. The Morgan fingerprint density at radius 2 is 1.96 bits per heavy atom. The largest absolute Gasteiger partial charge is 0.480 e. The van der Waals surface area contributed by atoms with Crippen molar-refractivity contribution in [3.8, 4) is 0 Å². The van der Waals surface area contributed by atoms with Crippen LogP contribution in [0.4, 0.5) is 5.82 Å². The van der Waals surface area contributed by atoms with Crippen molar-refractivity contribution in [2.75, 3.05) is 5.32 Å². The third kappa shape index (κ3) is 5.17. The first-order chi connectivity index (χ1) is 12.3. The summed E-state index contributed by atoms with van der Waals surface area (Å²) < 4.78 is 1.20. The number of aromatic nitrogens is 2. The smallest absolute Gasteiger partial charge is 0.325 e. The Kier molecular flexibility index (Phi) is 6.11. The van der Waals surface area contributed by atoms with E-state index in [1.54, 1.807) is 18.2 Å². The van der Waals surface area contributed by atoms with E-state index in [0.29, 0.717) is 5.56 Å². The van der Waals surface area contributed by atoms with Gasteiger partial charge >= 0.3 is 5.97 Å². The van der Waals surface area contributed by atoms with E-state index < -0.39 is 17.9 Å². The van der Waals surface area contributed by atoms with Crippen molar-refractivity contribution in [1.82, 2.24) is 15.1 Å². The van der Waals surface area contributed by atoms with Gasteiger partial charge in [0.15, 0.2) is 5.82 Å². The number of anilines is 1. The number of aliphatic carboxylic acids is 1. The fourth-order valence-electron chi connectivity index (χ4n) is 2.40. The van der Waals surface area contributed by atoms with Crippen molar-refractivity contribution >= 4 is 23.6 Å². The van der Waals surface area contributed by atoms with Crippen molar-refractivity contribution in [1.29, 1.82) is 0 Å². The number of benzene rings is 1. The minimum Gasteiger partial charge on any atom is -0.480 e. The van der Waals surface area contributed by atoms with Gasteiger partial charge in [0.25, 0.3) is 5.91 Å². The maximum absolute atomic E-state index is 12.5. The molecule has 138 valence electrons. The number of carbonyl (C=O) groups is 3. The molecule has 2 rings (SSSR count). The van der Waals surface area contributed by atoms with E-state index in [1.165, 1.54) is 16.9 Å². The van der Waals surface area contributed by atoms with Gasteiger partial charge in [-0.3, -0.25) is 19.1 Å². The molecule has 0 saturated carbocycles. The van der Waals surface area contributed by atoms with Crippen LogP contribution in [-0.4, -0.2) is 38.7 Å². The van der Waals surface area contributed by atoms with Gasteiger partial charge in [0.2, 0.25) is 5.91 Å². The minimum atomic E-state index is -1.03. The summed E-state index contributed by atoms with van der Waals surface area (Å²) in [6.45, 7) is 5.23. The van der Waals surface area contributed by atoms with Gasteiger partial charge in [0.05, 0.1) is 0 Å². The summed E-state index contributed by atoms with van der Waals surface area (Å²) in [6, 6.07) is 7.85. The number of rotatable bonds is 7. The van der Waals surface area contributed by atoms with Gasteiger partial charge in [-0.1, -0.05) is 31.5 Å². The molecular formula is C18H22N4O4. The van der Waals surface area contributed by atoms with Crippen molar-refractivity contribution in [2.45, 2.75) is 33.4 Å². The number of amides is 2. The quantitative estimate of drug-likeness (QED) is 0.697. The van der Waals surface area contributed by atoms with Crippen LogP contribution in [0.5, 0.6) is 0 Å². The Hall–Kier alpha value is -3.16. The lowest BCUT2D eigenvalue weighted by molar-refractivity contribution is -0.137. The molecule has 2 amide bonds. The fourth-order valence-corrected chi connectivity index (χ4v) is 2.40. The Balaban J connectivity index is 2.06. The minimum absolute atomic E-state index is 0.148. The van der Waals surface area contributed by atoms with Gasteiger partial charge in [-0.2, -0.15) is 5.10 Å². The van der Waals surface area contributed by atoms with Crippen molar-refractivity contribution in [3.63, 3.8) is 0 Å². The van der Waals surface area contributed by atoms with Gasteiger partial charge in [-0.05, 0) is 25.0 Å². The molecule has 1 aromatic carbocycles. The molecule has 0 radical (unpaired) electrons. The van der Waals surface area contributed by atoms with Crippen LogP contribution < -0.4 is 10.6 Å². The predicted octanol–water partition coefficient (Wildman–Crippen LogP) is 1.67. The normalized spacial score (nSPS) is 11.8.